The van der Waals surface area contributed by atoms with Crippen LogP contribution in [0.4, 0.5) is 0 Å². The van der Waals surface area contributed by atoms with Gasteiger partial charge >= 0.3 is 0 Å². The zero-order chi connectivity index (χ0) is 25.2. The SMILES string of the molecule is CC(C)(N)C(=O)N[C@H](COCc1ccccc1)c1nnnn1C(CO)CCCCNS(C)(=O)=O. The Morgan fingerprint density at radius 3 is 2.59 bits per heavy atom. The third-order valence-electron chi connectivity index (χ3n) is 5.00. The first kappa shape index (κ1) is 27.8. The quantitative estimate of drug-likeness (QED) is 0.248. The van der Waals surface area contributed by atoms with Crippen LogP contribution in [0.25, 0.3) is 0 Å². The zero-order valence-electron chi connectivity index (χ0n) is 19.8. The molecule has 13 heteroatoms. The minimum Gasteiger partial charge on any atom is -0.394 e. The molecule has 0 aliphatic carbocycles. The highest BCUT2D eigenvalue weighted by molar-refractivity contribution is 7.88. The molecule has 0 bridgehead atoms. The molecule has 190 valence electrons. The molecule has 34 heavy (non-hydrogen) atoms. The Kier molecular flexibility index (Phi) is 10.5. The number of hydrogen-bond acceptors (Lipinski definition) is 9. The molecule has 12 nitrogen and oxygen atoms in total. The molecule has 1 unspecified atom stereocenters. The second-order valence-electron chi connectivity index (χ2n) is 8.73. The number of benzene rings is 1. The van der Waals surface area contributed by atoms with Gasteiger partial charge in [0.25, 0.3) is 0 Å². The number of ether oxygens (including phenoxy) is 1. The van der Waals surface area contributed by atoms with Crippen LogP contribution in [0.3, 0.4) is 0 Å². The van der Waals surface area contributed by atoms with E-state index in [1.54, 1.807) is 13.8 Å². The Morgan fingerprint density at radius 1 is 1.26 bits per heavy atom. The Labute approximate surface area is 200 Å². The van der Waals surface area contributed by atoms with Gasteiger partial charge in [0.1, 0.15) is 6.04 Å². The summed E-state index contributed by atoms with van der Waals surface area (Å²) in [6.07, 6.45) is 2.83. The van der Waals surface area contributed by atoms with E-state index < -0.39 is 33.6 Å². The van der Waals surface area contributed by atoms with E-state index in [0.717, 1.165) is 11.8 Å². The van der Waals surface area contributed by atoms with Crippen LogP contribution in [0.2, 0.25) is 0 Å². The van der Waals surface area contributed by atoms with E-state index in [0.29, 0.717) is 38.2 Å². The number of aromatic nitrogens is 4. The van der Waals surface area contributed by atoms with E-state index in [4.69, 9.17) is 10.5 Å². The number of aliphatic hydroxyl groups is 1. The number of nitrogens with one attached hydrogen (secondary N) is 2. The van der Waals surface area contributed by atoms with E-state index >= 15 is 0 Å². The molecule has 5 N–H and O–H groups in total. The van der Waals surface area contributed by atoms with Crippen LogP contribution >= 0.6 is 0 Å². The number of nitrogens with two attached hydrogens (primary N) is 1. The van der Waals surface area contributed by atoms with Gasteiger partial charge in [0, 0.05) is 6.54 Å². The lowest BCUT2D eigenvalue weighted by atomic mass is 10.1. The standard InChI is InChI=1S/C21H35N7O5S/c1-21(2,22)20(30)24-18(15-33-14-16-9-5-4-6-10-16)19-25-26-27-28(19)17(13-29)11-7-8-12-23-34(3,31)32/h4-6,9-10,17-18,23,29H,7-8,11-15,22H2,1-3H3,(H,24,30)/t17?,18-/m1/s1. The minimum absolute atomic E-state index is 0.0908. The average molecular weight is 498 g/mol. The van der Waals surface area contributed by atoms with Crippen LogP contribution in [0, 0.1) is 0 Å². The molecule has 0 fully saturated rings. The maximum absolute atomic E-state index is 12.6. The topological polar surface area (TPSA) is 174 Å². The lowest BCUT2D eigenvalue weighted by Crippen LogP contribution is -2.51. The highest BCUT2D eigenvalue weighted by atomic mass is 32.2. The van der Waals surface area contributed by atoms with Crippen LogP contribution in [0.5, 0.6) is 0 Å². The molecule has 0 spiro atoms. The smallest absolute Gasteiger partial charge is 0.240 e. The van der Waals surface area contributed by atoms with E-state index in [1.807, 2.05) is 30.3 Å². The molecule has 1 aromatic heterocycles. The number of unbranched alkanes of at least 4 members (excludes halogenated alkanes) is 1. The molecule has 1 aromatic carbocycles. The Morgan fingerprint density at radius 2 is 1.97 bits per heavy atom. The number of tetrazole rings is 1. The molecular weight excluding hydrogens is 462 g/mol. The van der Waals surface area contributed by atoms with E-state index in [1.165, 1.54) is 4.68 Å². The molecule has 0 radical (unpaired) electrons. The molecule has 2 atom stereocenters. The summed E-state index contributed by atoms with van der Waals surface area (Å²) >= 11 is 0. The summed E-state index contributed by atoms with van der Waals surface area (Å²) in [7, 11) is -3.25. The Balaban J connectivity index is 2.10. The van der Waals surface area contributed by atoms with Crippen molar-refractivity contribution in [3.63, 3.8) is 0 Å². The summed E-state index contributed by atoms with van der Waals surface area (Å²) in [6.45, 7) is 3.68. The van der Waals surface area contributed by atoms with Crippen molar-refractivity contribution in [2.45, 2.75) is 57.3 Å². The second kappa shape index (κ2) is 12.9. The van der Waals surface area contributed by atoms with Crippen LogP contribution in [0.1, 0.15) is 56.6 Å². The summed E-state index contributed by atoms with van der Waals surface area (Å²) in [5, 5.41) is 24.7. The highest BCUT2D eigenvalue weighted by Crippen LogP contribution is 2.20. The van der Waals surface area contributed by atoms with Gasteiger partial charge in [0.15, 0.2) is 5.82 Å². The Hall–Kier alpha value is -2.45. The maximum atomic E-state index is 12.6. The van der Waals surface area contributed by atoms with E-state index in [2.05, 4.69) is 25.6 Å². The lowest BCUT2D eigenvalue weighted by molar-refractivity contribution is -0.126. The van der Waals surface area contributed by atoms with Crippen molar-refractivity contribution in [1.82, 2.24) is 30.2 Å². The fourth-order valence-electron chi connectivity index (χ4n) is 3.14. The van der Waals surface area contributed by atoms with Gasteiger partial charge in [-0.05, 0) is 49.1 Å². The number of nitrogens with zero attached hydrogens (tertiary/aromatic N) is 4. The molecule has 1 heterocycles. The molecule has 2 aromatic rings. The zero-order valence-corrected chi connectivity index (χ0v) is 20.7. The van der Waals surface area contributed by atoms with Crippen LogP contribution in [0.15, 0.2) is 30.3 Å². The molecule has 0 aliphatic heterocycles. The maximum Gasteiger partial charge on any atom is 0.240 e. The second-order valence-corrected chi connectivity index (χ2v) is 10.6. The molecule has 0 saturated carbocycles. The first-order chi connectivity index (χ1) is 16.0. The van der Waals surface area contributed by atoms with Crippen molar-refractivity contribution >= 4 is 15.9 Å². The van der Waals surface area contributed by atoms with Crippen LogP contribution in [-0.2, 0) is 26.2 Å². The lowest BCUT2D eigenvalue weighted by Gasteiger charge is -2.25. The number of rotatable bonds is 15. The van der Waals surface area contributed by atoms with Gasteiger partial charge in [-0.3, -0.25) is 4.79 Å². The first-order valence-electron chi connectivity index (χ1n) is 11.1. The predicted octanol–water partition coefficient (Wildman–Crippen LogP) is 0.0374. The normalized spacial score (nSPS) is 14.0. The first-order valence-corrected chi connectivity index (χ1v) is 12.9. The third-order valence-corrected chi connectivity index (χ3v) is 5.73. The van der Waals surface area contributed by atoms with E-state index in [-0.39, 0.29) is 13.2 Å². The molecule has 2 rings (SSSR count). The van der Waals surface area contributed by atoms with Crippen molar-refractivity contribution < 1.29 is 23.1 Å². The van der Waals surface area contributed by atoms with Gasteiger partial charge in [0.2, 0.25) is 15.9 Å². The summed E-state index contributed by atoms with van der Waals surface area (Å²) < 4.78 is 32.1. The Bertz CT molecular complexity index is 992. The molecule has 0 aliphatic rings. The van der Waals surface area contributed by atoms with Gasteiger partial charge in [0.05, 0.1) is 37.7 Å². The van der Waals surface area contributed by atoms with Gasteiger partial charge in [-0.15, -0.1) is 5.10 Å². The van der Waals surface area contributed by atoms with E-state index in [9.17, 15) is 18.3 Å². The monoisotopic (exact) mass is 497 g/mol. The molecule has 1 amide bonds. The van der Waals surface area contributed by atoms with Gasteiger partial charge in [-0.1, -0.05) is 30.3 Å². The van der Waals surface area contributed by atoms with Gasteiger partial charge in [-0.25, -0.2) is 17.8 Å². The number of carbonyl (C=O) groups excluding carboxylic acids is 1. The fraction of sp³-hybridized carbons (Fsp3) is 0.619. The summed E-state index contributed by atoms with van der Waals surface area (Å²) in [6, 6.07) is 8.44. The summed E-state index contributed by atoms with van der Waals surface area (Å²) in [4.78, 5) is 12.6. The van der Waals surface area contributed by atoms with Crippen molar-refractivity contribution in [3.05, 3.63) is 41.7 Å². The van der Waals surface area contributed by atoms with Gasteiger partial charge in [-0.2, -0.15) is 0 Å². The van der Waals surface area contributed by atoms with Crippen molar-refractivity contribution in [2.24, 2.45) is 5.73 Å². The van der Waals surface area contributed by atoms with Crippen LogP contribution < -0.4 is 15.8 Å². The minimum atomic E-state index is -3.25. The number of sulfonamides is 1. The number of hydrogen-bond donors (Lipinski definition) is 4. The van der Waals surface area contributed by atoms with Crippen molar-refractivity contribution in [3.8, 4) is 0 Å². The number of amides is 1. The molecule has 0 saturated heterocycles. The summed E-state index contributed by atoms with van der Waals surface area (Å²) in [5.41, 5.74) is 5.80. The predicted molar refractivity (Wildman–Crippen MR) is 126 cm³/mol. The fourth-order valence-corrected chi connectivity index (χ4v) is 3.65. The number of carbonyl (C=O) groups is 1. The third kappa shape index (κ3) is 9.43. The van der Waals surface area contributed by atoms with Crippen LogP contribution in [-0.4, -0.2) is 71.2 Å². The van der Waals surface area contributed by atoms with Crippen molar-refractivity contribution in [2.75, 3.05) is 26.0 Å². The molecular formula is C21H35N7O5S. The summed E-state index contributed by atoms with van der Waals surface area (Å²) in [5.74, 6) is -0.0678. The van der Waals surface area contributed by atoms with Gasteiger partial charge < -0.3 is 20.9 Å². The highest BCUT2D eigenvalue weighted by Gasteiger charge is 2.30. The average Bonchev–Trinajstić information content (AvgIpc) is 3.24. The largest absolute Gasteiger partial charge is 0.394 e. The van der Waals surface area contributed by atoms with Crippen molar-refractivity contribution in [1.29, 1.82) is 0 Å². The number of aliphatic hydroxyl groups excluding tert-OH is 1.